The van der Waals surface area contributed by atoms with Crippen molar-refractivity contribution >= 4 is 5.96 Å². The molecule has 90 valence electrons. The number of nitrogens with one attached hydrogen (secondary N) is 2. The summed E-state index contributed by atoms with van der Waals surface area (Å²) in [4.78, 5) is 4.16. The first-order valence-electron chi connectivity index (χ1n) is 5.77. The van der Waals surface area contributed by atoms with E-state index < -0.39 is 0 Å². The molecule has 4 nitrogen and oxygen atoms in total. The fraction of sp³-hybridized carbons (Fsp3) is 0.583. The van der Waals surface area contributed by atoms with Gasteiger partial charge in [-0.25, -0.2) is 0 Å². The maximum Gasteiger partial charge on any atom is 0.191 e. The van der Waals surface area contributed by atoms with E-state index in [-0.39, 0.29) is 0 Å². The van der Waals surface area contributed by atoms with Crippen molar-refractivity contribution < 1.29 is 0 Å². The van der Waals surface area contributed by atoms with Crippen LogP contribution in [-0.4, -0.2) is 30.7 Å². The van der Waals surface area contributed by atoms with Gasteiger partial charge in [0.2, 0.25) is 0 Å². The van der Waals surface area contributed by atoms with E-state index in [1.807, 2.05) is 12.1 Å². The molecule has 0 amide bonds. The topological polar surface area (TPSA) is 41.4 Å². The van der Waals surface area contributed by atoms with Gasteiger partial charge in [0.25, 0.3) is 0 Å². The molecule has 0 aromatic carbocycles. The van der Waals surface area contributed by atoms with Crippen molar-refractivity contribution in [2.24, 2.45) is 10.9 Å². The van der Waals surface area contributed by atoms with Gasteiger partial charge in [0.1, 0.15) is 0 Å². The third-order valence-corrected chi connectivity index (χ3v) is 2.23. The van der Waals surface area contributed by atoms with Gasteiger partial charge in [-0.2, -0.15) is 0 Å². The Bertz CT molecular complexity index is 301. The predicted molar refractivity (Wildman–Crippen MR) is 68.6 cm³/mol. The SMILES string of the molecule is CN=C(NCCn1cccc1)NCC(C)C. The van der Waals surface area contributed by atoms with E-state index in [1.165, 1.54) is 0 Å². The van der Waals surface area contributed by atoms with E-state index >= 15 is 0 Å². The van der Waals surface area contributed by atoms with Gasteiger partial charge < -0.3 is 15.2 Å². The standard InChI is InChI=1S/C12H22N4/c1-11(2)10-15-12(13-3)14-6-9-16-7-4-5-8-16/h4-5,7-8,11H,6,9-10H2,1-3H3,(H2,13,14,15). The van der Waals surface area contributed by atoms with Gasteiger partial charge in [0, 0.05) is 39.1 Å². The summed E-state index contributed by atoms with van der Waals surface area (Å²) in [5, 5.41) is 6.56. The van der Waals surface area contributed by atoms with Crippen LogP contribution in [0.5, 0.6) is 0 Å². The predicted octanol–water partition coefficient (Wildman–Crippen LogP) is 1.31. The van der Waals surface area contributed by atoms with E-state index in [0.717, 1.165) is 25.6 Å². The summed E-state index contributed by atoms with van der Waals surface area (Å²) in [7, 11) is 1.80. The quantitative estimate of drug-likeness (QED) is 0.582. The zero-order valence-electron chi connectivity index (χ0n) is 10.4. The van der Waals surface area contributed by atoms with Gasteiger partial charge in [-0.1, -0.05) is 13.8 Å². The third kappa shape index (κ3) is 4.87. The van der Waals surface area contributed by atoms with Crippen LogP contribution in [0.3, 0.4) is 0 Å². The second-order valence-electron chi connectivity index (χ2n) is 4.19. The van der Waals surface area contributed by atoms with Crippen molar-refractivity contribution in [2.45, 2.75) is 20.4 Å². The van der Waals surface area contributed by atoms with Crippen LogP contribution in [0, 0.1) is 5.92 Å². The van der Waals surface area contributed by atoms with Crippen LogP contribution in [0.15, 0.2) is 29.5 Å². The molecule has 0 saturated carbocycles. The highest BCUT2D eigenvalue weighted by molar-refractivity contribution is 5.79. The van der Waals surface area contributed by atoms with Crippen LogP contribution >= 0.6 is 0 Å². The molecule has 0 atom stereocenters. The Morgan fingerprint density at radius 2 is 1.94 bits per heavy atom. The van der Waals surface area contributed by atoms with Crippen molar-refractivity contribution in [2.75, 3.05) is 20.1 Å². The average molecular weight is 222 g/mol. The van der Waals surface area contributed by atoms with Crippen LogP contribution in [0.25, 0.3) is 0 Å². The van der Waals surface area contributed by atoms with Gasteiger partial charge >= 0.3 is 0 Å². The number of rotatable bonds is 5. The molecule has 2 N–H and O–H groups in total. The number of aliphatic imine (C=N–C) groups is 1. The van der Waals surface area contributed by atoms with E-state index in [9.17, 15) is 0 Å². The molecule has 4 heteroatoms. The van der Waals surface area contributed by atoms with Crippen LogP contribution in [-0.2, 0) is 6.54 Å². The second kappa shape index (κ2) is 6.93. The lowest BCUT2D eigenvalue weighted by atomic mass is 10.2. The van der Waals surface area contributed by atoms with Gasteiger partial charge in [-0.15, -0.1) is 0 Å². The maximum atomic E-state index is 4.16. The molecule has 0 aliphatic heterocycles. The monoisotopic (exact) mass is 222 g/mol. The molecular formula is C12H22N4. The largest absolute Gasteiger partial charge is 0.356 e. The highest BCUT2D eigenvalue weighted by Gasteiger charge is 1.98. The van der Waals surface area contributed by atoms with Gasteiger partial charge in [0.15, 0.2) is 5.96 Å². The van der Waals surface area contributed by atoms with Crippen molar-refractivity contribution in [3.05, 3.63) is 24.5 Å². The molecule has 0 radical (unpaired) electrons. The molecule has 1 aromatic rings. The normalized spacial score (nSPS) is 11.9. The van der Waals surface area contributed by atoms with Gasteiger partial charge in [0.05, 0.1) is 0 Å². The van der Waals surface area contributed by atoms with Crippen LogP contribution < -0.4 is 10.6 Å². The number of guanidine groups is 1. The lowest BCUT2D eigenvalue weighted by molar-refractivity contribution is 0.606. The Kier molecular flexibility index (Phi) is 5.46. The number of hydrogen-bond donors (Lipinski definition) is 2. The van der Waals surface area contributed by atoms with Crippen LogP contribution in [0.1, 0.15) is 13.8 Å². The molecule has 0 aliphatic rings. The molecule has 0 bridgehead atoms. The maximum absolute atomic E-state index is 4.16. The van der Waals surface area contributed by atoms with E-state index in [2.05, 4.69) is 46.4 Å². The molecule has 0 unspecified atom stereocenters. The summed E-state index contributed by atoms with van der Waals surface area (Å²) in [5.74, 6) is 1.50. The molecule has 1 aromatic heterocycles. The first-order valence-corrected chi connectivity index (χ1v) is 5.77. The Labute approximate surface area is 97.8 Å². The number of hydrogen-bond acceptors (Lipinski definition) is 1. The zero-order chi connectivity index (χ0) is 11.8. The lowest BCUT2D eigenvalue weighted by Gasteiger charge is -2.13. The molecule has 1 rings (SSSR count). The first kappa shape index (κ1) is 12.6. The summed E-state index contributed by atoms with van der Waals surface area (Å²) >= 11 is 0. The van der Waals surface area contributed by atoms with E-state index in [1.54, 1.807) is 7.05 Å². The smallest absolute Gasteiger partial charge is 0.191 e. The molecule has 0 saturated heterocycles. The molecule has 0 fully saturated rings. The molecule has 1 heterocycles. The Hall–Kier alpha value is -1.45. The van der Waals surface area contributed by atoms with Crippen LogP contribution in [0.2, 0.25) is 0 Å². The second-order valence-corrected chi connectivity index (χ2v) is 4.19. The minimum atomic E-state index is 0.628. The lowest BCUT2D eigenvalue weighted by Crippen LogP contribution is -2.40. The Morgan fingerprint density at radius 1 is 1.25 bits per heavy atom. The van der Waals surface area contributed by atoms with Gasteiger partial charge in [-0.3, -0.25) is 4.99 Å². The number of aromatic nitrogens is 1. The van der Waals surface area contributed by atoms with E-state index in [0.29, 0.717) is 5.92 Å². The molecular weight excluding hydrogens is 200 g/mol. The molecule has 16 heavy (non-hydrogen) atoms. The fourth-order valence-corrected chi connectivity index (χ4v) is 1.34. The van der Waals surface area contributed by atoms with Crippen LogP contribution in [0.4, 0.5) is 0 Å². The van der Waals surface area contributed by atoms with Crippen molar-refractivity contribution in [1.82, 2.24) is 15.2 Å². The molecule has 0 spiro atoms. The van der Waals surface area contributed by atoms with E-state index in [4.69, 9.17) is 0 Å². The van der Waals surface area contributed by atoms with Gasteiger partial charge in [-0.05, 0) is 18.1 Å². The third-order valence-electron chi connectivity index (χ3n) is 2.23. The minimum Gasteiger partial charge on any atom is -0.356 e. The summed E-state index contributed by atoms with van der Waals surface area (Å²) in [6.45, 7) is 7.14. The highest BCUT2D eigenvalue weighted by atomic mass is 15.2. The summed E-state index contributed by atoms with van der Waals surface area (Å²) in [6, 6.07) is 4.07. The molecule has 0 aliphatic carbocycles. The number of nitrogens with zero attached hydrogens (tertiary/aromatic N) is 2. The zero-order valence-corrected chi connectivity index (χ0v) is 10.4. The minimum absolute atomic E-state index is 0.628. The fourth-order valence-electron chi connectivity index (χ4n) is 1.34. The highest BCUT2D eigenvalue weighted by Crippen LogP contribution is 1.89. The average Bonchev–Trinajstić information content (AvgIpc) is 2.75. The Morgan fingerprint density at radius 3 is 2.50 bits per heavy atom. The van der Waals surface area contributed by atoms with Crippen molar-refractivity contribution in [3.63, 3.8) is 0 Å². The van der Waals surface area contributed by atoms with Crippen molar-refractivity contribution in [3.8, 4) is 0 Å². The first-order chi connectivity index (χ1) is 7.72. The van der Waals surface area contributed by atoms with Crippen molar-refractivity contribution in [1.29, 1.82) is 0 Å². The summed E-state index contributed by atoms with van der Waals surface area (Å²) < 4.78 is 2.14. The summed E-state index contributed by atoms with van der Waals surface area (Å²) in [5.41, 5.74) is 0. The Balaban J connectivity index is 2.19. The summed E-state index contributed by atoms with van der Waals surface area (Å²) in [6.07, 6.45) is 4.12.